The quantitative estimate of drug-likeness (QED) is 0.126. The molecule has 2 aromatic heterocycles. The molecule has 9 aromatic rings. The summed E-state index contributed by atoms with van der Waals surface area (Å²) in [6.07, 6.45) is 0. The van der Waals surface area contributed by atoms with Gasteiger partial charge in [0, 0.05) is 20.2 Å². The lowest BCUT2D eigenvalue weighted by Gasteiger charge is -2.30. The van der Waals surface area contributed by atoms with Crippen LogP contribution in [0.25, 0.3) is 85.9 Å². The van der Waals surface area contributed by atoms with Crippen LogP contribution in [0.2, 0.25) is 0 Å². The van der Waals surface area contributed by atoms with E-state index < -0.39 is 0 Å². The Morgan fingerprint density at radius 2 is 0.468 bits per heavy atom. The Balaban J connectivity index is 1.63. The third-order valence-corrected chi connectivity index (χ3v) is 19.0. The van der Waals surface area contributed by atoms with Gasteiger partial charge in [0.2, 0.25) is 0 Å². The predicted molar refractivity (Wildman–Crippen MR) is 352 cm³/mol. The van der Waals surface area contributed by atoms with Gasteiger partial charge in [-0.05, 0) is 60.0 Å². The second-order valence-electron chi connectivity index (χ2n) is 19.8. The van der Waals surface area contributed by atoms with Gasteiger partial charge >= 0.3 is 0 Å². The molecule has 0 spiro atoms. The molecule has 274 valence electrons. The van der Waals surface area contributed by atoms with Crippen molar-refractivity contribution in [3.63, 3.8) is 0 Å². The minimum atomic E-state index is 1.03. The molecule has 1 nitrogen and oxygen atoms in total. The maximum atomic E-state index is 7.19. The van der Waals surface area contributed by atoms with E-state index in [4.69, 9.17) is 4.42 Å². The average molecular weight is 787 g/mol. The van der Waals surface area contributed by atoms with Crippen molar-refractivity contribution in [1.29, 1.82) is 0 Å². The van der Waals surface area contributed by atoms with Crippen molar-refractivity contribution in [1.82, 2.24) is 0 Å². The van der Waals surface area contributed by atoms with Gasteiger partial charge in [-0.15, -0.1) is 55.0 Å². The third kappa shape index (κ3) is 5.34. The van der Waals surface area contributed by atoms with Crippen molar-refractivity contribution < 1.29 is 4.42 Å². The maximum Gasteiger partial charge on any atom is 0.145 e. The van der Waals surface area contributed by atoms with Crippen LogP contribution in [0.4, 0.5) is 0 Å². The molecule has 7 aromatic carbocycles. The van der Waals surface area contributed by atoms with Gasteiger partial charge in [0.05, 0.1) is 0 Å². The van der Waals surface area contributed by atoms with Crippen LogP contribution in [0.15, 0.2) is 4.42 Å². The van der Waals surface area contributed by atoms with Crippen LogP contribution in [-0.2, 0) is 0 Å². The van der Waals surface area contributed by atoms with Crippen LogP contribution in [0.5, 0.6) is 0 Å². The van der Waals surface area contributed by atoms with Crippen LogP contribution in [-0.4, -0.2) is 173 Å². The largest absolute Gasteiger partial charge is 0.457 e. The summed E-state index contributed by atoms with van der Waals surface area (Å²) in [4.78, 5) is 0. The van der Waals surface area contributed by atoms with Crippen LogP contribution in [0.3, 0.4) is 0 Å². The highest BCUT2D eigenvalue weighted by Gasteiger charge is 2.31. The SMILES string of the molecule is Bc1c(B)c(B)c2c(oc3c(B)c(-c4c5c(B)c(B)c(B)c(B)c5c(-c5c(B)c(B)c(B)c6c5sc5c(B)c(B)c(B)c(B)c56)c5c(B)c(B)c(B)c(B)c45)c(B)c(B)c32)c1B. The third-order valence-electron chi connectivity index (χ3n) is 17.6. The molecule has 0 bridgehead atoms. The van der Waals surface area contributed by atoms with Crippen LogP contribution < -0.4 is 120 Å². The first-order chi connectivity index (χ1) is 29.0. The minimum absolute atomic E-state index is 1.03. The summed E-state index contributed by atoms with van der Waals surface area (Å²) < 4.78 is 10.1. The van der Waals surface area contributed by atoms with E-state index in [1.165, 1.54) is 195 Å². The van der Waals surface area contributed by atoms with Gasteiger partial charge in [-0.3, -0.25) is 0 Å². The average Bonchev–Trinajstić information content (AvgIpc) is 3.85. The smallest absolute Gasteiger partial charge is 0.145 e. The molecule has 0 aliphatic carbocycles. The second kappa shape index (κ2) is 14.5. The molecule has 24 heteroatoms. The minimum Gasteiger partial charge on any atom is -0.457 e. The van der Waals surface area contributed by atoms with E-state index in [1.807, 2.05) is 11.3 Å². The standard InChI is InChI=1S/C38H44B22OS/c39-13-3-1(7-17(43)18(44)8-9-19(45)29(55)31(57)33(59)36(9)61-35(8)23(7)49)4-6(16(42)28(54)26(52)14(4)40)2(5(3)15(41)27(53)25(13)51)10-20(46)24(50)21(47)11-12-22(48)30(56)32(58)34(60)38(12)62-37(10)11/h39-60H2. The Hall–Kier alpha value is -3.49. The highest BCUT2D eigenvalue weighted by Crippen LogP contribution is 2.44. The molecular formula is C38H44B22OS. The number of benzene rings is 7. The lowest BCUT2D eigenvalue weighted by Crippen LogP contribution is -2.50. The molecule has 0 radical (unpaired) electrons. The fraction of sp³-hybridized carbons (Fsp3) is 0. The number of fused-ring (bicyclic) bond motifs is 8. The summed E-state index contributed by atoms with van der Waals surface area (Å²) in [6.45, 7) is 0. The van der Waals surface area contributed by atoms with Crippen molar-refractivity contribution in [2.75, 3.05) is 0 Å². The zero-order valence-electron chi connectivity index (χ0n) is 41.8. The molecule has 0 atom stereocenters. The van der Waals surface area contributed by atoms with E-state index in [0.29, 0.717) is 0 Å². The monoisotopic (exact) mass is 791 g/mol. The summed E-state index contributed by atoms with van der Waals surface area (Å²) in [7, 11) is 51.7. The van der Waals surface area contributed by atoms with Gasteiger partial charge in [-0.25, -0.2) is 0 Å². The van der Waals surface area contributed by atoms with Crippen molar-refractivity contribution in [3.8, 4) is 22.3 Å². The zero-order chi connectivity index (χ0) is 45.4. The molecule has 0 saturated carbocycles. The van der Waals surface area contributed by atoms with Gasteiger partial charge in [0.1, 0.15) is 184 Å². The molecule has 0 unspecified atom stereocenters. The molecule has 0 aliphatic heterocycles. The van der Waals surface area contributed by atoms with Crippen molar-refractivity contribution in [3.05, 3.63) is 0 Å². The number of thiophene rings is 1. The number of hydrogen-bond acceptors (Lipinski definition) is 2. The van der Waals surface area contributed by atoms with E-state index in [-0.39, 0.29) is 0 Å². The van der Waals surface area contributed by atoms with Crippen LogP contribution >= 0.6 is 11.3 Å². The highest BCUT2D eigenvalue weighted by molar-refractivity contribution is 7.28. The summed E-state index contributed by atoms with van der Waals surface area (Å²) in [6, 6.07) is 0. The summed E-state index contributed by atoms with van der Waals surface area (Å²) in [5, 5.41) is 11.1. The van der Waals surface area contributed by atoms with Crippen molar-refractivity contribution in [2.45, 2.75) is 0 Å². The molecule has 0 amide bonds. The Kier molecular flexibility index (Phi) is 10.2. The number of rotatable bonds is 2. The summed E-state index contributed by atoms with van der Waals surface area (Å²) >= 11 is 2.04. The van der Waals surface area contributed by atoms with Crippen molar-refractivity contribution in [2.24, 2.45) is 0 Å². The molecule has 0 N–H and O–H groups in total. The molecule has 9 rings (SSSR count). The Labute approximate surface area is 391 Å². The van der Waals surface area contributed by atoms with Crippen LogP contribution in [0.1, 0.15) is 0 Å². The van der Waals surface area contributed by atoms with Crippen LogP contribution in [0, 0.1) is 0 Å². The molecular weight excluding hydrogens is 742 g/mol. The second-order valence-corrected chi connectivity index (χ2v) is 20.8. The van der Waals surface area contributed by atoms with E-state index in [9.17, 15) is 0 Å². The Morgan fingerprint density at radius 1 is 0.194 bits per heavy atom. The highest BCUT2D eigenvalue weighted by atomic mass is 32.1. The summed E-state index contributed by atoms with van der Waals surface area (Å²) in [5.74, 6) is 0. The topological polar surface area (TPSA) is 13.1 Å². The van der Waals surface area contributed by atoms with E-state index in [2.05, 4.69) is 173 Å². The Morgan fingerprint density at radius 3 is 0.903 bits per heavy atom. The normalized spacial score (nSPS) is 12.0. The number of hydrogen-bond donors (Lipinski definition) is 0. The predicted octanol–water partition coefficient (Wildman–Crippen LogP) is -26.7. The molecule has 62 heavy (non-hydrogen) atoms. The lowest BCUT2D eigenvalue weighted by molar-refractivity contribution is 0.675. The van der Waals surface area contributed by atoms with Gasteiger partial charge in [-0.2, -0.15) is 0 Å². The van der Waals surface area contributed by atoms with Gasteiger partial charge in [0.25, 0.3) is 0 Å². The van der Waals surface area contributed by atoms with Crippen molar-refractivity contribution >= 4 is 368 Å². The van der Waals surface area contributed by atoms with Gasteiger partial charge in [0.15, 0.2) is 0 Å². The first kappa shape index (κ1) is 43.7. The van der Waals surface area contributed by atoms with Gasteiger partial charge in [-0.1, -0.05) is 71.0 Å². The first-order valence-electron chi connectivity index (χ1n) is 22.8. The fourth-order valence-electron chi connectivity index (χ4n) is 12.0. The molecule has 0 aliphatic rings. The van der Waals surface area contributed by atoms with E-state index in [1.54, 1.807) is 0 Å². The molecule has 0 saturated heterocycles. The van der Waals surface area contributed by atoms with E-state index in [0.717, 1.165) is 11.2 Å². The van der Waals surface area contributed by atoms with E-state index >= 15 is 0 Å². The summed E-state index contributed by atoms with van der Waals surface area (Å²) in [5.41, 5.74) is 37.8. The lowest BCUT2D eigenvalue weighted by atomic mass is 9.57. The first-order valence-corrected chi connectivity index (χ1v) is 23.6. The molecule has 2 heterocycles. The maximum absolute atomic E-state index is 7.19. The number of furan rings is 1. The van der Waals surface area contributed by atoms with Gasteiger partial charge < -0.3 is 4.42 Å². The zero-order valence-corrected chi connectivity index (χ0v) is 42.6. The molecule has 0 fully saturated rings. The fourth-order valence-corrected chi connectivity index (χ4v) is 13.6. The Bertz CT molecular complexity index is 3580.